The molecule has 13 heteroatoms. The minimum Gasteiger partial charge on any atom is -0.497 e. The van der Waals surface area contributed by atoms with Crippen molar-refractivity contribution in [1.29, 1.82) is 0 Å². The number of sulfone groups is 1. The van der Waals surface area contributed by atoms with E-state index in [-0.39, 0.29) is 18.1 Å². The maximum Gasteiger partial charge on any atom is 0.231 e. The molecule has 5 rings (SSSR count). The summed E-state index contributed by atoms with van der Waals surface area (Å²) in [5.41, 5.74) is 4.53. The average molecular weight is 616 g/mol. The second kappa shape index (κ2) is 12.6. The molecule has 44 heavy (non-hydrogen) atoms. The van der Waals surface area contributed by atoms with Crippen LogP contribution in [0.25, 0.3) is 11.0 Å². The Labute approximate surface area is 255 Å². The fourth-order valence-corrected chi connectivity index (χ4v) is 5.51. The predicted molar refractivity (Wildman–Crippen MR) is 171 cm³/mol. The first-order valence-corrected chi connectivity index (χ1v) is 15.7. The van der Waals surface area contributed by atoms with Gasteiger partial charge in [-0.15, -0.1) is 0 Å². The molecular formula is C31H33N7O5S. The van der Waals surface area contributed by atoms with E-state index in [0.717, 1.165) is 16.9 Å². The summed E-state index contributed by atoms with van der Waals surface area (Å²) in [6.45, 7) is 0. The SMILES string of the molecule is COc1ccc(OC)c(CC(=O)Nc2nc3cc(N(C)c4ccnc(Nc5ccc(CS(C)(=O)=O)cc5)n4)ccc3n2C)c1. The molecule has 1 amide bonds. The topological polar surface area (TPSA) is 141 Å². The van der Waals surface area contributed by atoms with Gasteiger partial charge in [0.25, 0.3) is 0 Å². The van der Waals surface area contributed by atoms with Crippen molar-refractivity contribution in [1.82, 2.24) is 19.5 Å². The van der Waals surface area contributed by atoms with Crippen LogP contribution in [0.3, 0.4) is 0 Å². The van der Waals surface area contributed by atoms with Crippen LogP contribution in [-0.2, 0) is 33.9 Å². The number of nitrogens with one attached hydrogen (secondary N) is 2. The second-order valence-electron chi connectivity index (χ2n) is 10.3. The van der Waals surface area contributed by atoms with Crippen LogP contribution in [0.1, 0.15) is 11.1 Å². The number of rotatable bonds is 11. The van der Waals surface area contributed by atoms with Gasteiger partial charge in [0, 0.05) is 43.5 Å². The van der Waals surface area contributed by atoms with Crippen LogP contribution in [0, 0.1) is 0 Å². The summed E-state index contributed by atoms with van der Waals surface area (Å²) in [4.78, 5) is 28.5. The summed E-state index contributed by atoms with van der Waals surface area (Å²) in [5, 5.41) is 6.07. The lowest BCUT2D eigenvalue weighted by Gasteiger charge is -2.19. The van der Waals surface area contributed by atoms with Crippen LogP contribution in [0.4, 0.5) is 29.1 Å². The first-order chi connectivity index (χ1) is 21.0. The first kappa shape index (κ1) is 30.3. The maximum absolute atomic E-state index is 13.0. The van der Waals surface area contributed by atoms with Gasteiger partial charge in [0.1, 0.15) is 17.3 Å². The third-order valence-corrected chi connectivity index (χ3v) is 7.82. The van der Waals surface area contributed by atoms with Gasteiger partial charge in [0.05, 0.1) is 37.4 Å². The van der Waals surface area contributed by atoms with Gasteiger partial charge < -0.3 is 24.3 Å². The molecule has 0 spiro atoms. The third kappa shape index (κ3) is 7.06. The van der Waals surface area contributed by atoms with Gasteiger partial charge in [-0.05, 0) is 60.2 Å². The van der Waals surface area contributed by atoms with Crippen LogP contribution >= 0.6 is 0 Å². The number of ether oxygens (including phenoxy) is 2. The molecule has 5 aromatic rings. The summed E-state index contributed by atoms with van der Waals surface area (Å²) < 4.78 is 35.6. The summed E-state index contributed by atoms with van der Waals surface area (Å²) in [6.07, 6.45) is 2.95. The Balaban J connectivity index is 1.30. The molecule has 0 unspecified atom stereocenters. The molecule has 0 saturated heterocycles. The maximum atomic E-state index is 13.0. The number of nitrogens with zero attached hydrogens (tertiary/aromatic N) is 5. The number of amides is 1. The number of aryl methyl sites for hydroxylation is 1. The highest BCUT2D eigenvalue weighted by Crippen LogP contribution is 2.29. The molecule has 0 aliphatic carbocycles. The summed E-state index contributed by atoms with van der Waals surface area (Å²) >= 11 is 0. The van der Waals surface area contributed by atoms with Crippen LogP contribution in [-0.4, -0.2) is 61.4 Å². The van der Waals surface area contributed by atoms with Gasteiger partial charge in [-0.1, -0.05) is 12.1 Å². The van der Waals surface area contributed by atoms with Crippen LogP contribution in [0.15, 0.2) is 72.9 Å². The van der Waals surface area contributed by atoms with Crippen LogP contribution in [0.5, 0.6) is 11.5 Å². The normalized spacial score (nSPS) is 11.3. The molecule has 2 aromatic heterocycles. The number of hydrogen-bond acceptors (Lipinski definition) is 10. The molecule has 0 bridgehead atoms. The van der Waals surface area contributed by atoms with Crippen molar-refractivity contribution in [3.63, 3.8) is 0 Å². The molecule has 12 nitrogen and oxygen atoms in total. The standard InChI is InChI=1S/C31H33N7O5S/c1-37(28-14-15-32-30(35-28)33-22-8-6-20(7-9-22)19-44(5,40)41)23-10-12-26-25(18-23)34-31(38(26)2)36-29(39)17-21-16-24(42-3)11-13-27(21)43-4/h6-16,18H,17,19H2,1-5H3,(H,32,33,35)(H,34,36,39). The Morgan fingerprint density at radius 3 is 2.45 bits per heavy atom. The quantitative estimate of drug-likeness (QED) is 0.216. The lowest BCUT2D eigenvalue weighted by molar-refractivity contribution is -0.115. The van der Waals surface area contributed by atoms with E-state index in [4.69, 9.17) is 9.47 Å². The predicted octanol–water partition coefficient (Wildman–Crippen LogP) is 4.62. The minimum atomic E-state index is -3.11. The summed E-state index contributed by atoms with van der Waals surface area (Å²) in [7, 11) is 3.76. The number of methoxy groups -OCH3 is 2. The highest BCUT2D eigenvalue weighted by Gasteiger charge is 2.16. The average Bonchev–Trinajstić information content (AvgIpc) is 3.30. The number of benzene rings is 3. The Bertz CT molecular complexity index is 1920. The second-order valence-corrected chi connectivity index (χ2v) is 12.4. The molecule has 0 radical (unpaired) electrons. The number of hydrogen-bond donors (Lipinski definition) is 2. The Morgan fingerprint density at radius 2 is 1.75 bits per heavy atom. The summed E-state index contributed by atoms with van der Waals surface area (Å²) in [6, 6.07) is 20.0. The zero-order valence-corrected chi connectivity index (χ0v) is 25.8. The number of anilines is 5. The van der Waals surface area contributed by atoms with E-state index in [1.54, 1.807) is 68.9 Å². The summed E-state index contributed by atoms with van der Waals surface area (Å²) in [5.74, 6) is 2.44. The van der Waals surface area contributed by atoms with Crippen molar-refractivity contribution in [3.05, 3.63) is 84.1 Å². The van der Waals surface area contributed by atoms with Crippen molar-refractivity contribution in [2.75, 3.05) is 43.1 Å². The molecule has 0 fully saturated rings. The molecule has 0 atom stereocenters. The van der Waals surface area contributed by atoms with Crippen LogP contribution in [0.2, 0.25) is 0 Å². The number of fused-ring (bicyclic) bond motifs is 1. The molecule has 2 heterocycles. The minimum absolute atomic E-state index is 0.0168. The van der Waals surface area contributed by atoms with E-state index in [9.17, 15) is 13.2 Å². The molecule has 0 aliphatic rings. The Hall–Kier alpha value is -5.17. The highest BCUT2D eigenvalue weighted by molar-refractivity contribution is 7.89. The number of imidazole rings is 1. The lowest BCUT2D eigenvalue weighted by atomic mass is 10.1. The van der Waals surface area contributed by atoms with E-state index in [1.807, 2.05) is 41.8 Å². The fraction of sp³-hybridized carbons (Fsp3) is 0.226. The third-order valence-electron chi connectivity index (χ3n) is 6.96. The van der Waals surface area contributed by atoms with E-state index >= 15 is 0 Å². The molecule has 3 aromatic carbocycles. The molecule has 0 aliphatic heterocycles. The number of aromatic nitrogens is 4. The van der Waals surface area contributed by atoms with E-state index in [0.29, 0.717) is 45.9 Å². The zero-order chi connectivity index (χ0) is 31.4. The van der Waals surface area contributed by atoms with Crippen molar-refractivity contribution < 1.29 is 22.7 Å². The van der Waals surface area contributed by atoms with Crippen molar-refractivity contribution in [2.45, 2.75) is 12.2 Å². The van der Waals surface area contributed by atoms with Crippen molar-refractivity contribution in [3.8, 4) is 11.5 Å². The molecular weight excluding hydrogens is 582 g/mol. The fourth-order valence-electron chi connectivity index (χ4n) is 4.72. The number of carbonyl (C=O) groups is 1. The lowest BCUT2D eigenvalue weighted by Crippen LogP contribution is -2.17. The van der Waals surface area contributed by atoms with Crippen LogP contribution < -0.4 is 25.0 Å². The van der Waals surface area contributed by atoms with E-state index < -0.39 is 9.84 Å². The van der Waals surface area contributed by atoms with Gasteiger partial charge in [-0.25, -0.2) is 18.4 Å². The van der Waals surface area contributed by atoms with Gasteiger partial charge in [-0.2, -0.15) is 4.98 Å². The van der Waals surface area contributed by atoms with E-state index in [1.165, 1.54) is 6.26 Å². The van der Waals surface area contributed by atoms with Gasteiger partial charge in [-0.3, -0.25) is 10.1 Å². The van der Waals surface area contributed by atoms with Crippen molar-refractivity contribution in [2.24, 2.45) is 7.05 Å². The molecule has 2 N–H and O–H groups in total. The smallest absolute Gasteiger partial charge is 0.231 e. The van der Waals surface area contributed by atoms with Gasteiger partial charge in [0.15, 0.2) is 9.84 Å². The molecule has 0 saturated carbocycles. The van der Waals surface area contributed by atoms with E-state index in [2.05, 4.69) is 25.6 Å². The largest absolute Gasteiger partial charge is 0.497 e. The number of carbonyl (C=O) groups excluding carboxylic acids is 1. The van der Waals surface area contributed by atoms with Gasteiger partial charge in [0.2, 0.25) is 17.8 Å². The zero-order valence-electron chi connectivity index (χ0n) is 25.0. The first-order valence-electron chi connectivity index (χ1n) is 13.6. The monoisotopic (exact) mass is 615 g/mol. The Kier molecular flexibility index (Phi) is 8.67. The van der Waals surface area contributed by atoms with Crippen molar-refractivity contribution >= 4 is 55.9 Å². The highest BCUT2D eigenvalue weighted by atomic mass is 32.2. The van der Waals surface area contributed by atoms with Gasteiger partial charge >= 0.3 is 0 Å². The Morgan fingerprint density at radius 1 is 0.977 bits per heavy atom. The molecule has 228 valence electrons.